The molecule has 6 bridgehead atoms. The van der Waals surface area contributed by atoms with Gasteiger partial charge < -0.3 is 58.0 Å². The average molecular weight is 1360 g/mol. The first-order valence-electron chi connectivity index (χ1n) is 35.2. The first-order chi connectivity index (χ1) is 46.2. The second-order valence-corrected chi connectivity index (χ2v) is 28.5. The number of esters is 1. The quantitative estimate of drug-likeness (QED) is 0.0477. The minimum atomic E-state index is -0.163. The smallest absolute Gasteiger partial charge is 0.334 e. The molecule has 95 heavy (non-hydrogen) atoms. The van der Waals surface area contributed by atoms with Gasteiger partial charge in [0.05, 0.1) is 49.9 Å². The van der Waals surface area contributed by atoms with Gasteiger partial charge in [-0.25, -0.2) is 4.79 Å². The fourth-order valence-electron chi connectivity index (χ4n) is 13.9. The third-order valence-electron chi connectivity index (χ3n) is 19.2. The van der Waals surface area contributed by atoms with E-state index >= 15 is 0 Å². The minimum absolute atomic E-state index is 0.163. The number of rotatable bonds is 17. The van der Waals surface area contributed by atoms with Crippen molar-refractivity contribution < 1.29 is 33.4 Å². The van der Waals surface area contributed by atoms with Crippen molar-refractivity contribution in [2.45, 2.75) is 141 Å². The summed E-state index contributed by atoms with van der Waals surface area (Å²) in [4.78, 5) is 38.7. The number of nitriles is 1. The largest absolute Gasteiger partial charge is 0.475 e. The zero-order valence-electron chi connectivity index (χ0n) is 59.2. The maximum absolute atomic E-state index is 11.2. The van der Waals surface area contributed by atoms with Crippen LogP contribution in [0.5, 0.6) is 5.88 Å². The number of thioether (sulfide) groups is 1. The van der Waals surface area contributed by atoms with E-state index in [0.29, 0.717) is 43.0 Å². The Hall–Kier alpha value is -5.16. The van der Waals surface area contributed by atoms with E-state index in [1.54, 1.807) is 18.1 Å². The van der Waals surface area contributed by atoms with Crippen LogP contribution in [0, 0.1) is 47.3 Å². The summed E-state index contributed by atoms with van der Waals surface area (Å²) in [7, 11) is 11.4. The molecule has 10 fully saturated rings. The van der Waals surface area contributed by atoms with Gasteiger partial charge in [-0.3, -0.25) is 4.90 Å². The molecule has 0 aromatic carbocycles. The van der Waals surface area contributed by atoms with Crippen LogP contribution in [-0.4, -0.2) is 278 Å². The monoisotopic (exact) mass is 1350 g/mol. The number of unbranched alkanes of at least 4 members (excludes halogenated alkanes) is 3. The number of hydrogen-bond acceptors (Lipinski definition) is 24. The number of terminal acetylenes is 1. The Bertz CT molecular complexity index is 2860. The van der Waals surface area contributed by atoms with Gasteiger partial charge in [0, 0.05) is 101 Å². The Balaban J connectivity index is 0.000000158. The number of piperidine rings is 9. The molecule has 16 rings (SSSR count). The molecule has 0 saturated carbocycles. The molecule has 23 nitrogen and oxygen atoms in total. The molecule has 14 aliphatic heterocycles. The lowest BCUT2D eigenvalue weighted by Crippen LogP contribution is -2.57. The van der Waals surface area contributed by atoms with Crippen LogP contribution in [0.4, 0.5) is 0 Å². The van der Waals surface area contributed by atoms with Gasteiger partial charge in [-0.15, -0.1) is 32.8 Å². The molecule has 0 radical (unpaired) electrons. The fourth-order valence-corrected chi connectivity index (χ4v) is 16.0. The molecule has 16 heterocycles. The van der Waals surface area contributed by atoms with Gasteiger partial charge in [-0.1, -0.05) is 66.7 Å². The van der Waals surface area contributed by atoms with Crippen LogP contribution in [0.2, 0.25) is 0 Å². The van der Waals surface area contributed by atoms with Crippen LogP contribution < -0.4 is 4.74 Å². The number of nitrogens with zero attached hydrogens (tertiary/aromatic N) is 16. The Labute approximate surface area is 577 Å². The predicted molar refractivity (Wildman–Crippen MR) is 381 cm³/mol. The van der Waals surface area contributed by atoms with E-state index in [1.807, 2.05) is 27.0 Å². The SMILES string of the molecule is C#CCO[C@H]1CN2CCC1CC2.CCCCCCOc1nsnc1C1=CCCN(C)C1.CCOC(=O)C1=CCCN(C)C1.CCn1nnc(C2=CCCN(C)C2)n1.CO/N=C(\C#N)C1CN2CCC1CC2.CO/N=C/C1=CCCN(C)C1.C[C@@H]1CSC2(CN3CCC2CC3)O1. The molecular weight excluding hydrogens is 1240 g/mol. The van der Waals surface area contributed by atoms with E-state index in [9.17, 15) is 4.79 Å². The lowest BCUT2D eigenvalue weighted by atomic mass is 9.77. The van der Waals surface area contributed by atoms with E-state index in [-0.39, 0.29) is 10.9 Å². The number of tetrazole rings is 1. The summed E-state index contributed by atoms with van der Waals surface area (Å²) in [6.07, 6.45) is 33.3. The summed E-state index contributed by atoms with van der Waals surface area (Å²) in [6.45, 7) is 29.5. The number of aromatic nitrogens is 6. The highest BCUT2D eigenvalue weighted by Crippen LogP contribution is 2.50. The highest BCUT2D eigenvalue weighted by atomic mass is 32.2. The molecule has 1 spiro atoms. The number of hydrogen-bond donors (Lipinski definition) is 0. The molecule has 0 amide bonds. The molecule has 0 N–H and O–H groups in total. The van der Waals surface area contributed by atoms with Crippen molar-refractivity contribution >= 4 is 52.5 Å². The first-order valence-corrected chi connectivity index (χ1v) is 36.9. The summed E-state index contributed by atoms with van der Waals surface area (Å²) < 4.78 is 31.1. The van der Waals surface area contributed by atoms with E-state index in [0.717, 1.165) is 146 Å². The van der Waals surface area contributed by atoms with E-state index < -0.39 is 0 Å². The van der Waals surface area contributed by atoms with E-state index in [4.69, 9.17) is 35.5 Å². The fraction of sp³-hybridized carbons (Fsp3) is 0.757. The molecule has 10 saturated heterocycles. The molecule has 2 aromatic rings. The Morgan fingerprint density at radius 1 is 0.768 bits per heavy atom. The molecule has 4 atom stereocenters. The van der Waals surface area contributed by atoms with Gasteiger partial charge >= 0.3 is 5.97 Å². The van der Waals surface area contributed by atoms with Gasteiger partial charge in [-0.2, -0.15) is 14.4 Å². The normalized spacial score (nSPS) is 28.5. The standard InChI is InChI=1S/C14H23N3OS.C10H15N3O.C10H17NOS.C10H15NO.C9H15N5.C9H15NO2.C8H14N2O/c1-3-4-5-6-10-18-14-13(15-19-16-14)12-8-7-9-17(2)11-12;1-14-12-10(6-11)9-7-13-4-2-8(9)3-5-13;1-8-6-13-10(12-8)7-11-4-2-9(10)3-5-11;1-2-7-12-10-8-11-5-3-9(10)4-6-11;1-3-14-11-9(10-12-14)8-5-4-6-13(2)7-8;1-3-12-9(11)8-5-4-6-10(2)7-8;1-10-5-3-4-8(7-10)6-9-11-2/h8H,3-7,9-11H2,1-2H3;8-9H,2-5,7H2,1H3;8-9H,2-7H2,1H3;1,9-10H,3-8H2;5H,3-4,6-7H2,1-2H3;5H,3-4,6-7H2,1-2H3;4,6H,3,5,7H2,1-2H3/b;12-10+;;;;;9-6+/t;;8-,10?;10-;;;/m..10.../s1. The Kier molecular flexibility index (Phi) is 34.1. The number of carbonyl (C=O) groups is 1. The second kappa shape index (κ2) is 41.9. The predicted octanol–water partition coefficient (Wildman–Crippen LogP) is 8.46. The van der Waals surface area contributed by atoms with Gasteiger partial charge in [0.2, 0.25) is 5.82 Å². The summed E-state index contributed by atoms with van der Waals surface area (Å²) in [5.41, 5.74) is 6.00. The lowest BCUT2D eigenvalue weighted by Gasteiger charge is -2.50. The molecule has 528 valence electrons. The third kappa shape index (κ3) is 25.3. The second-order valence-electron chi connectivity index (χ2n) is 26.6. The zero-order valence-corrected chi connectivity index (χ0v) is 60.8. The van der Waals surface area contributed by atoms with Crippen LogP contribution in [0.15, 0.2) is 45.8 Å². The van der Waals surface area contributed by atoms with Gasteiger partial charge in [0.15, 0.2) is 5.71 Å². The maximum atomic E-state index is 11.2. The van der Waals surface area contributed by atoms with E-state index in [2.05, 4.69) is 151 Å². The average Bonchev–Trinajstić information content (AvgIpc) is 1.60. The van der Waals surface area contributed by atoms with Crippen molar-refractivity contribution in [3.8, 4) is 24.3 Å². The summed E-state index contributed by atoms with van der Waals surface area (Å²) in [6, 6.07) is 2.16. The number of likely N-dealkylation sites (N-methyl/N-ethyl adjacent to an activating group) is 4. The number of carbonyl (C=O) groups excluding carboxylic acids is 1. The van der Waals surface area contributed by atoms with Gasteiger partial charge in [-0.05, 0) is 187 Å². The van der Waals surface area contributed by atoms with Crippen molar-refractivity contribution in [2.24, 2.45) is 34.0 Å². The van der Waals surface area contributed by atoms with Crippen molar-refractivity contribution in [1.29, 1.82) is 5.26 Å². The number of aryl methyl sites for hydroxylation is 1. The number of oxime groups is 2. The topological polar surface area (TPSA) is 213 Å². The maximum Gasteiger partial charge on any atom is 0.334 e. The van der Waals surface area contributed by atoms with Crippen LogP contribution in [-0.2, 0) is 35.2 Å². The summed E-state index contributed by atoms with van der Waals surface area (Å²) in [5, 5.41) is 28.8. The Morgan fingerprint density at radius 3 is 1.95 bits per heavy atom. The highest BCUT2D eigenvalue weighted by molar-refractivity contribution is 8.00. The zero-order chi connectivity index (χ0) is 67.8. The summed E-state index contributed by atoms with van der Waals surface area (Å²) >= 11 is 3.32. The third-order valence-corrected chi connectivity index (χ3v) is 21.4. The van der Waals surface area contributed by atoms with Crippen molar-refractivity contribution in [1.82, 2.24) is 63.3 Å². The molecule has 0 aliphatic carbocycles. The lowest BCUT2D eigenvalue weighted by molar-refractivity contribution is -0.138. The van der Waals surface area contributed by atoms with Gasteiger partial charge in [0.25, 0.3) is 5.88 Å². The Morgan fingerprint density at radius 2 is 1.41 bits per heavy atom. The van der Waals surface area contributed by atoms with Crippen LogP contribution in [0.3, 0.4) is 0 Å². The van der Waals surface area contributed by atoms with Crippen LogP contribution in [0.25, 0.3) is 11.1 Å². The van der Waals surface area contributed by atoms with Crippen LogP contribution >= 0.6 is 23.5 Å². The van der Waals surface area contributed by atoms with E-state index in [1.165, 1.54) is 145 Å². The molecule has 25 heteroatoms. The summed E-state index contributed by atoms with van der Waals surface area (Å²) in [5.74, 6) is 7.65. The number of fused-ring (bicyclic) bond motifs is 8. The molecule has 14 aliphatic rings. The molecular formula is C70H114N16O7S2. The number of ether oxygens (including phenoxy) is 4. The highest BCUT2D eigenvalue weighted by Gasteiger charge is 2.52. The van der Waals surface area contributed by atoms with Crippen molar-refractivity contribution in [2.75, 3.05) is 179 Å². The van der Waals surface area contributed by atoms with Crippen molar-refractivity contribution in [3.63, 3.8) is 0 Å². The first kappa shape index (κ1) is 77.2. The molecule has 2 aromatic heterocycles. The van der Waals surface area contributed by atoms with Crippen LogP contribution in [0.1, 0.15) is 129 Å². The van der Waals surface area contributed by atoms with Crippen molar-refractivity contribution in [3.05, 3.63) is 47.0 Å². The molecule has 2 unspecified atom stereocenters. The minimum Gasteiger partial charge on any atom is -0.475 e. The van der Waals surface area contributed by atoms with Gasteiger partial charge in [0.1, 0.15) is 37.5 Å².